The fourth-order valence-electron chi connectivity index (χ4n) is 1.90. The maximum atomic E-state index is 5.92. The van der Waals surface area contributed by atoms with Crippen molar-refractivity contribution in [2.24, 2.45) is 0 Å². The van der Waals surface area contributed by atoms with Crippen molar-refractivity contribution in [3.05, 3.63) is 34.3 Å². The third kappa shape index (κ3) is 3.08. The molecule has 0 spiro atoms. The highest BCUT2D eigenvalue weighted by Gasteiger charge is 2.15. The summed E-state index contributed by atoms with van der Waals surface area (Å²) in [7, 11) is 0. The van der Waals surface area contributed by atoms with Gasteiger partial charge in [0.1, 0.15) is 0 Å². The minimum atomic E-state index is 0. The first-order valence-electron chi connectivity index (χ1n) is 4.97. The predicted molar refractivity (Wildman–Crippen MR) is 67.1 cm³/mol. The third-order valence-corrected chi connectivity index (χ3v) is 2.88. The standard InChI is InChI=1S/C11H15ClN2.ClH/c1-8-6-9(12)2-3-10(8)11-7-13-4-5-14-11;/h2-3,6,11,13-14H,4-5,7H2,1H3;1H/t11-;/m1./s1. The predicted octanol–water partition coefficient (Wildman–Crippen LogP) is 2.30. The molecular weight excluding hydrogens is 231 g/mol. The lowest BCUT2D eigenvalue weighted by Gasteiger charge is -2.26. The molecule has 1 aromatic carbocycles. The number of rotatable bonds is 1. The van der Waals surface area contributed by atoms with E-state index in [1.807, 2.05) is 12.1 Å². The van der Waals surface area contributed by atoms with Crippen molar-refractivity contribution >= 4 is 24.0 Å². The average molecular weight is 247 g/mol. The summed E-state index contributed by atoms with van der Waals surface area (Å²) in [4.78, 5) is 0. The van der Waals surface area contributed by atoms with E-state index >= 15 is 0 Å². The number of hydrogen-bond acceptors (Lipinski definition) is 2. The molecule has 2 nitrogen and oxygen atoms in total. The zero-order valence-electron chi connectivity index (χ0n) is 8.72. The average Bonchev–Trinajstić information content (AvgIpc) is 2.19. The molecule has 0 amide bonds. The second kappa shape index (κ2) is 5.71. The van der Waals surface area contributed by atoms with Crippen LogP contribution >= 0.6 is 24.0 Å². The van der Waals surface area contributed by atoms with Gasteiger partial charge in [-0.25, -0.2) is 0 Å². The Kier molecular flexibility index (Phi) is 4.87. The Morgan fingerprint density at radius 3 is 2.73 bits per heavy atom. The third-order valence-electron chi connectivity index (χ3n) is 2.65. The molecule has 1 aromatic rings. The van der Waals surface area contributed by atoms with Crippen LogP contribution in [0, 0.1) is 6.92 Å². The highest BCUT2D eigenvalue weighted by Crippen LogP contribution is 2.21. The quantitative estimate of drug-likeness (QED) is 0.795. The van der Waals surface area contributed by atoms with E-state index in [0.29, 0.717) is 6.04 Å². The Morgan fingerprint density at radius 2 is 2.13 bits per heavy atom. The van der Waals surface area contributed by atoms with Crippen molar-refractivity contribution < 1.29 is 0 Å². The molecule has 1 aliphatic rings. The number of hydrogen-bond donors (Lipinski definition) is 2. The van der Waals surface area contributed by atoms with Crippen molar-refractivity contribution in [1.29, 1.82) is 0 Å². The second-order valence-corrected chi connectivity index (χ2v) is 4.15. The molecule has 1 aliphatic heterocycles. The van der Waals surface area contributed by atoms with E-state index < -0.39 is 0 Å². The highest BCUT2D eigenvalue weighted by molar-refractivity contribution is 6.30. The molecule has 1 heterocycles. The Bertz CT molecular complexity index is 322. The van der Waals surface area contributed by atoms with Gasteiger partial charge in [-0.1, -0.05) is 17.7 Å². The van der Waals surface area contributed by atoms with Gasteiger partial charge in [-0.2, -0.15) is 0 Å². The van der Waals surface area contributed by atoms with Gasteiger partial charge in [0.15, 0.2) is 0 Å². The molecule has 0 radical (unpaired) electrons. The van der Waals surface area contributed by atoms with Crippen LogP contribution in [0.2, 0.25) is 5.02 Å². The maximum Gasteiger partial charge on any atom is 0.0449 e. The minimum Gasteiger partial charge on any atom is -0.314 e. The van der Waals surface area contributed by atoms with Crippen LogP contribution in [0.25, 0.3) is 0 Å². The van der Waals surface area contributed by atoms with E-state index in [-0.39, 0.29) is 12.4 Å². The Balaban J connectivity index is 0.00000112. The van der Waals surface area contributed by atoms with Crippen LogP contribution in [0.1, 0.15) is 17.2 Å². The molecule has 0 saturated carbocycles. The molecule has 2 rings (SSSR count). The largest absolute Gasteiger partial charge is 0.314 e. The summed E-state index contributed by atoms with van der Waals surface area (Å²) in [6.07, 6.45) is 0. The van der Waals surface area contributed by atoms with Crippen molar-refractivity contribution in [3.8, 4) is 0 Å². The Morgan fingerprint density at radius 1 is 1.33 bits per heavy atom. The molecule has 15 heavy (non-hydrogen) atoms. The monoisotopic (exact) mass is 246 g/mol. The zero-order chi connectivity index (χ0) is 9.97. The van der Waals surface area contributed by atoms with Crippen molar-refractivity contribution in [1.82, 2.24) is 10.6 Å². The summed E-state index contributed by atoms with van der Waals surface area (Å²) >= 11 is 5.92. The van der Waals surface area contributed by atoms with E-state index in [1.54, 1.807) is 0 Å². The lowest BCUT2D eigenvalue weighted by Crippen LogP contribution is -2.42. The molecule has 1 atom stereocenters. The molecule has 0 unspecified atom stereocenters. The van der Waals surface area contributed by atoms with Crippen molar-refractivity contribution in [2.75, 3.05) is 19.6 Å². The molecular formula is C11H16Cl2N2. The van der Waals surface area contributed by atoms with Gasteiger partial charge in [0.05, 0.1) is 0 Å². The van der Waals surface area contributed by atoms with Crippen LogP contribution in [0.15, 0.2) is 18.2 Å². The van der Waals surface area contributed by atoms with Crippen molar-refractivity contribution in [2.45, 2.75) is 13.0 Å². The van der Waals surface area contributed by atoms with Gasteiger partial charge in [0.25, 0.3) is 0 Å². The molecule has 0 bridgehead atoms. The van der Waals surface area contributed by atoms with Crippen LogP contribution in [-0.4, -0.2) is 19.6 Å². The van der Waals surface area contributed by atoms with Crippen LogP contribution in [0.4, 0.5) is 0 Å². The Labute approximate surface area is 102 Å². The van der Waals surface area contributed by atoms with Gasteiger partial charge >= 0.3 is 0 Å². The topological polar surface area (TPSA) is 24.1 Å². The smallest absolute Gasteiger partial charge is 0.0449 e. The van der Waals surface area contributed by atoms with Gasteiger partial charge in [-0.3, -0.25) is 0 Å². The number of aryl methyl sites for hydroxylation is 1. The SMILES string of the molecule is Cc1cc(Cl)ccc1[C@H]1CNCCN1.Cl. The first-order chi connectivity index (χ1) is 6.77. The minimum absolute atomic E-state index is 0. The first kappa shape index (κ1) is 12.8. The van der Waals surface area contributed by atoms with E-state index in [1.165, 1.54) is 11.1 Å². The van der Waals surface area contributed by atoms with Crippen LogP contribution in [0.3, 0.4) is 0 Å². The van der Waals surface area contributed by atoms with E-state index in [9.17, 15) is 0 Å². The molecule has 2 N–H and O–H groups in total. The summed E-state index contributed by atoms with van der Waals surface area (Å²) in [5, 5.41) is 7.68. The summed E-state index contributed by atoms with van der Waals surface area (Å²) in [6, 6.07) is 6.52. The lowest BCUT2D eigenvalue weighted by molar-refractivity contribution is 0.429. The molecule has 0 aliphatic carbocycles. The normalized spacial score (nSPS) is 20.8. The fourth-order valence-corrected chi connectivity index (χ4v) is 2.13. The first-order valence-corrected chi connectivity index (χ1v) is 5.35. The Hall–Kier alpha value is -0.280. The highest BCUT2D eigenvalue weighted by atomic mass is 35.5. The van der Waals surface area contributed by atoms with Gasteiger partial charge in [-0.15, -0.1) is 12.4 Å². The molecule has 0 aromatic heterocycles. The van der Waals surface area contributed by atoms with Crippen LogP contribution in [-0.2, 0) is 0 Å². The summed E-state index contributed by atoms with van der Waals surface area (Å²) < 4.78 is 0. The van der Waals surface area contributed by atoms with E-state index in [4.69, 9.17) is 11.6 Å². The number of nitrogens with one attached hydrogen (secondary N) is 2. The molecule has 1 saturated heterocycles. The summed E-state index contributed by atoms with van der Waals surface area (Å²) in [5.74, 6) is 0. The van der Waals surface area contributed by atoms with Crippen LogP contribution < -0.4 is 10.6 Å². The second-order valence-electron chi connectivity index (χ2n) is 3.71. The fraction of sp³-hybridized carbons (Fsp3) is 0.455. The zero-order valence-corrected chi connectivity index (χ0v) is 10.3. The van der Waals surface area contributed by atoms with Gasteiger partial charge < -0.3 is 10.6 Å². The number of halogens is 2. The van der Waals surface area contributed by atoms with Gasteiger partial charge in [0, 0.05) is 30.7 Å². The van der Waals surface area contributed by atoms with Gasteiger partial charge in [-0.05, 0) is 30.2 Å². The van der Waals surface area contributed by atoms with E-state index in [2.05, 4.69) is 23.6 Å². The maximum absolute atomic E-state index is 5.92. The number of piperazine rings is 1. The number of benzene rings is 1. The van der Waals surface area contributed by atoms with Gasteiger partial charge in [0.2, 0.25) is 0 Å². The molecule has 84 valence electrons. The summed E-state index contributed by atoms with van der Waals surface area (Å²) in [5.41, 5.74) is 2.61. The van der Waals surface area contributed by atoms with E-state index in [0.717, 1.165) is 24.7 Å². The van der Waals surface area contributed by atoms with Crippen molar-refractivity contribution in [3.63, 3.8) is 0 Å². The molecule has 1 fully saturated rings. The summed E-state index contributed by atoms with van der Waals surface area (Å²) in [6.45, 7) is 5.20. The van der Waals surface area contributed by atoms with Crippen LogP contribution in [0.5, 0.6) is 0 Å². The lowest BCUT2D eigenvalue weighted by atomic mass is 10.0. The molecule has 4 heteroatoms.